The van der Waals surface area contributed by atoms with Gasteiger partial charge in [0, 0.05) is 34.4 Å². The molecule has 0 atom stereocenters. The van der Waals surface area contributed by atoms with Crippen LogP contribution in [0.15, 0.2) is 21.1 Å². The van der Waals surface area contributed by atoms with Crippen LogP contribution < -0.4 is 0 Å². The number of rotatable bonds is 7. The molecule has 1 aromatic rings. The van der Waals surface area contributed by atoms with Gasteiger partial charge in [-0.15, -0.1) is 11.3 Å². The Hall–Kier alpha value is -1.87. The fraction of sp³-hybridized carbons (Fsp3) is 0.385. The maximum absolute atomic E-state index is 12.5. The summed E-state index contributed by atoms with van der Waals surface area (Å²) in [5, 5.41) is 9.24. The van der Waals surface area contributed by atoms with Crippen LogP contribution >= 0.6 is 23.1 Å². The van der Waals surface area contributed by atoms with E-state index in [1.54, 1.807) is 33.1 Å². The van der Waals surface area contributed by atoms with Crippen molar-refractivity contribution in [1.29, 1.82) is 0 Å². The van der Waals surface area contributed by atoms with E-state index in [4.69, 9.17) is 0 Å². The van der Waals surface area contributed by atoms with Gasteiger partial charge >= 0.3 is 5.97 Å². The standard InChI is InChI=1S/C13H18N4O3S2/c1-16(2)6-8(12(19)20)9(18)10-11(14-7-17(3)4)15-13(21-5)22-10/h6-7H,1-5H3,(H,19,20). The molecule has 1 aromatic heterocycles. The molecule has 0 unspecified atom stereocenters. The third-order valence-corrected chi connectivity index (χ3v) is 4.27. The molecule has 0 fully saturated rings. The molecule has 0 amide bonds. The van der Waals surface area contributed by atoms with Crippen LogP contribution in [0.4, 0.5) is 5.82 Å². The predicted molar refractivity (Wildman–Crippen MR) is 89.5 cm³/mol. The molecular weight excluding hydrogens is 324 g/mol. The number of carbonyl (C=O) groups is 2. The highest BCUT2D eigenvalue weighted by atomic mass is 32.2. The zero-order chi connectivity index (χ0) is 16.9. The van der Waals surface area contributed by atoms with Crippen molar-refractivity contribution >= 4 is 47.0 Å². The van der Waals surface area contributed by atoms with Crippen LogP contribution in [-0.4, -0.2) is 72.4 Å². The van der Waals surface area contributed by atoms with Crippen LogP contribution in [0.25, 0.3) is 0 Å². The molecule has 1 heterocycles. The number of aromatic nitrogens is 1. The van der Waals surface area contributed by atoms with Gasteiger partial charge in [-0.05, 0) is 6.26 Å². The highest BCUT2D eigenvalue weighted by Gasteiger charge is 2.25. The van der Waals surface area contributed by atoms with E-state index >= 15 is 0 Å². The van der Waals surface area contributed by atoms with Crippen molar-refractivity contribution in [3.63, 3.8) is 0 Å². The molecule has 22 heavy (non-hydrogen) atoms. The molecule has 9 heteroatoms. The van der Waals surface area contributed by atoms with Crippen LogP contribution in [-0.2, 0) is 4.79 Å². The molecule has 0 saturated heterocycles. The molecule has 0 bridgehead atoms. The first-order valence-electron chi connectivity index (χ1n) is 6.18. The Labute approximate surface area is 137 Å². The van der Waals surface area contributed by atoms with E-state index < -0.39 is 11.8 Å². The summed E-state index contributed by atoms with van der Waals surface area (Å²) in [5.41, 5.74) is -0.317. The molecule has 0 saturated carbocycles. The summed E-state index contributed by atoms with van der Waals surface area (Å²) in [4.78, 5) is 35.7. The van der Waals surface area contributed by atoms with E-state index in [0.717, 1.165) is 11.3 Å². The smallest absolute Gasteiger partial charge is 0.341 e. The predicted octanol–water partition coefficient (Wildman–Crippen LogP) is 1.80. The van der Waals surface area contributed by atoms with Crippen molar-refractivity contribution < 1.29 is 14.7 Å². The fourth-order valence-electron chi connectivity index (χ4n) is 1.38. The number of carboxylic acid groups (broad SMARTS) is 1. The Kier molecular flexibility index (Phi) is 6.57. The van der Waals surface area contributed by atoms with Gasteiger partial charge in [0.2, 0.25) is 5.78 Å². The number of thiazole rings is 1. The zero-order valence-corrected chi connectivity index (χ0v) is 14.7. The number of carbonyl (C=O) groups excluding carboxylic acids is 1. The lowest BCUT2D eigenvalue weighted by Crippen LogP contribution is -2.16. The summed E-state index contributed by atoms with van der Waals surface area (Å²) in [6.45, 7) is 0. The van der Waals surface area contributed by atoms with Crippen molar-refractivity contribution in [2.45, 2.75) is 4.34 Å². The van der Waals surface area contributed by atoms with Gasteiger partial charge in [-0.3, -0.25) is 4.79 Å². The molecule has 120 valence electrons. The Morgan fingerprint density at radius 3 is 2.36 bits per heavy atom. The summed E-state index contributed by atoms with van der Waals surface area (Å²) in [6, 6.07) is 0. The molecule has 0 aliphatic rings. The van der Waals surface area contributed by atoms with E-state index in [-0.39, 0.29) is 16.3 Å². The quantitative estimate of drug-likeness (QED) is 0.154. The lowest BCUT2D eigenvalue weighted by molar-refractivity contribution is -0.132. The van der Waals surface area contributed by atoms with E-state index in [9.17, 15) is 14.7 Å². The first kappa shape index (κ1) is 18.2. The topological polar surface area (TPSA) is 86.1 Å². The molecule has 0 aliphatic carbocycles. The summed E-state index contributed by atoms with van der Waals surface area (Å²) in [6.07, 6.45) is 4.63. The first-order chi connectivity index (χ1) is 10.3. The largest absolute Gasteiger partial charge is 0.477 e. The average molecular weight is 342 g/mol. The zero-order valence-electron chi connectivity index (χ0n) is 13.0. The Morgan fingerprint density at radius 2 is 1.91 bits per heavy atom. The summed E-state index contributed by atoms with van der Waals surface area (Å²) >= 11 is 2.52. The van der Waals surface area contributed by atoms with Gasteiger partial charge in [0.15, 0.2) is 10.2 Å². The molecule has 1 N–H and O–H groups in total. The van der Waals surface area contributed by atoms with E-state index in [2.05, 4.69) is 9.98 Å². The minimum atomic E-state index is -1.28. The molecule has 1 rings (SSSR count). The minimum Gasteiger partial charge on any atom is -0.477 e. The Bertz CT molecular complexity index is 621. The van der Waals surface area contributed by atoms with E-state index in [1.807, 2.05) is 6.26 Å². The number of aliphatic carboxylic acids is 1. The van der Waals surface area contributed by atoms with Gasteiger partial charge in [-0.1, -0.05) is 11.8 Å². The third-order valence-electron chi connectivity index (χ3n) is 2.24. The monoisotopic (exact) mass is 342 g/mol. The lowest BCUT2D eigenvalue weighted by Gasteiger charge is -2.07. The van der Waals surface area contributed by atoms with Crippen LogP contribution in [0, 0.1) is 0 Å². The third kappa shape index (κ3) is 4.85. The highest BCUT2D eigenvalue weighted by molar-refractivity contribution is 8.00. The van der Waals surface area contributed by atoms with Crippen molar-refractivity contribution in [3.8, 4) is 0 Å². The van der Waals surface area contributed by atoms with Gasteiger partial charge in [0.05, 0.1) is 6.34 Å². The molecule has 0 spiro atoms. The van der Waals surface area contributed by atoms with Crippen molar-refractivity contribution in [3.05, 3.63) is 16.7 Å². The van der Waals surface area contributed by atoms with Gasteiger partial charge in [-0.2, -0.15) is 0 Å². The fourth-order valence-corrected chi connectivity index (χ4v) is 2.84. The summed E-state index contributed by atoms with van der Waals surface area (Å²) in [7, 11) is 6.89. The SMILES string of the molecule is CSc1nc(N=CN(C)C)c(C(=O)C(=CN(C)C)C(=O)O)s1. The second-order valence-electron chi connectivity index (χ2n) is 4.69. The van der Waals surface area contributed by atoms with Crippen molar-refractivity contribution in [2.24, 2.45) is 4.99 Å². The van der Waals surface area contributed by atoms with Crippen LogP contribution in [0.3, 0.4) is 0 Å². The maximum atomic E-state index is 12.5. The number of hydrogen-bond acceptors (Lipinski definition) is 7. The number of Topliss-reactive ketones (excluding diaryl/α,β-unsaturated/α-hetero) is 1. The van der Waals surface area contributed by atoms with Gasteiger partial charge in [0.1, 0.15) is 10.5 Å². The second kappa shape index (κ2) is 7.95. The number of nitrogens with zero attached hydrogens (tertiary/aromatic N) is 4. The maximum Gasteiger partial charge on any atom is 0.341 e. The second-order valence-corrected chi connectivity index (χ2v) is 6.74. The van der Waals surface area contributed by atoms with Crippen molar-refractivity contribution in [1.82, 2.24) is 14.8 Å². The van der Waals surface area contributed by atoms with Crippen LogP contribution in [0.5, 0.6) is 0 Å². The molecule has 7 nitrogen and oxygen atoms in total. The number of aliphatic imine (C=N–C) groups is 1. The molecule has 0 radical (unpaired) electrons. The Balaban J connectivity index is 3.31. The highest BCUT2D eigenvalue weighted by Crippen LogP contribution is 2.32. The number of hydrogen-bond donors (Lipinski definition) is 1. The summed E-state index contributed by atoms with van der Waals surface area (Å²) in [5.74, 6) is -1.63. The van der Waals surface area contributed by atoms with Gasteiger partial charge in [-0.25, -0.2) is 14.8 Å². The first-order valence-corrected chi connectivity index (χ1v) is 8.22. The Morgan fingerprint density at radius 1 is 1.27 bits per heavy atom. The van der Waals surface area contributed by atoms with Gasteiger partial charge < -0.3 is 14.9 Å². The average Bonchev–Trinajstić information content (AvgIpc) is 2.84. The number of thioether (sulfide) groups is 1. The number of ketones is 1. The lowest BCUT2D eigenvalue weighted by atomic mass is 10.1. The molecule has 0 aromatic carbocycles. The summed E-state index contributed by atoms with van der Waals surface area (Å²) < 4.78 is 0.656. The van der Waals surface area contributed by atoms with Crippen LogP contribution in [0.1, 0.15) is 9.67 Å². The van der Waals surface area contributed by atoms with Crippen LogP contribution in [0.2, 0.25) is 0 Å². The molecule has 0 aliphatic heterocycles. The normalized spacial score (nSPS) is 11.8. The number of carboxylic acids is 1. The minimum absolute atomic E-state index is 0.220. The van der Waals surface area contributed by atoms with Gasteiger partial charge in [0.25, 0.3) is 0 Å². The molecular formula is C13H18N4O3S2. The van der Waals surface area contributed by atoms with E-state index in [0.29, 0.717) is 4.34 Å². The van der Waals surface area contributed by atoms with Crippen molar-refractivity contribution in [2.75, 3.05) is 34.4 Å². The van der Waals surface area contributed by atoms with E-state index in [1.165, 1.54) is 29.2 Å².